The topological polar surface area (TPSA) is 75.3 Å². The molecule has 2 N–H and O–H groups in total. The van der Waals surface area contributed by atoms with E-state index in [0.29, 0.717) is 18.1 Å². The molecule has 0 aromatic heterocycles. The molecule has 1 saturated heterocycles. The van der Waals surface area contributed by atoms with Crippen LogP contribution in [-0.2, 0) is 9.59 Å². The van der Waals surface area contributed by atoms with Crippen molar-refractivity contribution < 1.29 is 14.4 Å². The molecular weight excluding hydrogens is 287 g/mol. The summed E-state index contributed by atoms with van der Waals surface area (Å²) in [7, 11) is 0. The van der Waals surface area contributed by atoms with E-state index < -0.39 is 23.3 Å². The maximum Gasteiger partial charge on any atom is 0.328 e. The summed E-state index contributed by atoms with van der Waals surface area (Å²) in [5, 5.41) is 4.39. The Bertz CT molecular complexity index is 353. The first kappa shape index (κ1) is 20.0. The zero-order valence-electron chi connectivity index (χ0n) is 12.7. The fourth-order valence-corrected chi connectivity index (χ4v) is 3.80. The molecule has 0 aromatic rings. The third-order valence-corrected chi connectivity index (χ3v) is 5.19. The van der Waals surface area contributed by atoms with E-state index in [1.54, 1.807) is 18.7 Å². The van der Waals surface area contributed by atoms with Crippen LogP contribution in [0.15, 0.2) is 0 Å². The van der Waals surface area contributed by atoms with Gasteiger partial charge < -0.3 is 0 Å². The second kappa shape index (κ2) is 9.07. The van der Waals surface area contributed by atoms with Gasteiger partial charge in [0.2, 0.25) is 11.8 Å². The van der Waals surface area contributed by atoms with Crippen LogP contribution in [0.1, 0.15) is 40.0 Å². The van der Waals surface area contributed by atoms with Crippen molar-refractivity contribution in [3.63, 3.8) is 0 Å². The van der Waals surface area contributed by atoms with E-state index in [1.807, 2.05) is 0 Å². The van der Waals surface area contributed by atoms with Crippen molar-refractivity contribution in [2.45, 2.75) is 40.0 Å². The van der Waals surface area contributed by atoms with Gasteiger partial charge in [-0.15, -0.1) is 0 Å². The van der Waals surface area contributed by atoms with Gasteiger partial charge in [-0.1, -0.05) is 33.6 Å². The quantitative estimate of drug-likeness (QED) is 0.552. The SMILES string of the molecule is CCC(CC)CSCC1(CC)C(=O)NC(=O)NC1=O.[Na]. The number of hydrogen-bond acceptors (Lipinski definition) is 4. The molecule has 0 aliphatic carbocycles. The van der Waals surface area contributed by atoms with Crippen molar-refractivity contribution in [3.8, 4) is 0 Å². The van der Waals surface area contributed by atoms with E-state index in [0.717, 1.165) is 18.6 Å². The summed E-state index contributed by atoms with van der Waals surface area (Å²) in [5.41, 5.74) is -1.11. The molecule has 0 unspecified atom stereocenters. The number of rotatable bonds is 7. The number of amides is 4. The van der Waals surface area contributed by atoms with E-state index in [2.05, 4.69) is 24.5 Å². The fourth-order valence-electron chi connectivity index (χ4n) is 2.06. The zero-order chi connectivity index (χ0) is 14.5. The van der Waals surface area contributed by atoms with E-state index in [4.69, 9.17) is 0 Å². The Labute approximate surface area is 146 Å². The van der Waals surface area contributed by atoms with Crippen LogP contribution in [0.3, 0.4) is 0 Å². The predicted octanol–water partition coefficient (Wildman–Crippen LogP) is 1.54. The summed E-state index contributed by atoms with van der Waals surface area (Å²) in [6.07, 6.45) is 2.59. The standard InChI is InChI=1S/C13H22N2O3S.Na/c1-4-9(5-2)7-19-8-13(6-3)10(16)14-12(18)15-11(13)17;/h9H,4-8H2,1-3H3,(H2,14,15,16,17,18);. The molecule has 1 radical (unpaired) electrons. The second-order valence-electron chi connectivity index (χ2n) is 4.87. The average molecular weight is 309 g/mol. The number of barbiturate groups is 1. The van der Waals surface area contributed by atoms with Gasteiger partial charge >= 0.3 is 6.03 Å². The van der Waals surface area contributed by atoms with Gasteiger partial charge in [0.1, 0.15) is 5.41 Å². The number of imide groups is 2. The Kier molecular flexibility index (Phi) is 9.06. The Morgan fingerprint density at radius 3 is 1.95 bits per heavy atom. The Hall–Kier alpha value is -0.0400. The summed E-state index contributed by atoms with van der Waals surface area (Å²) in [4.78, 5) is 35.0. The minimum Gasteiger partial charge on any atom is -0.277 e. The number of carbonyl (C=O) groups is 3. The van der Waals surface area contributed by atoms with Crippen LogP contribution < -0.4 is 10.6 Å². The number of urea groups is 1. The summed E-state index contributed by atoms with van der Waals surface area (Å²) < 4.78 is 0. The monoisotopic (exact) mass is 309 g/mol. The molecule has 1 aliphatic rings. The van der Waals surface area contributed by atoms with Gasteiger partial charge in [0, 0.05) is 35.3 Å². The number of thioether (sulfide) groups is 1. The first-order valence-corrected chi connectivity index (χ1v) is 7.90. The molecule has 1 fully saturated rings. The second-order valence-corrected chi connectivity index (χ2v) is 5.90. The molecule has 0 saturated carbocycles. The number of carbonyl (C=O) groups excluding carboxylic acids is 3. The molecule has 0 spiro atoms. The van der Waals surface area contributed by atoms with Crippen LogP contribution in [0.4, 0.5) is 4.79 Å². The van der Waals surface area contributed by atoms with Crippen molar-refractivity contribution in [1.82, 2.24) is 10.6 Å². The van der Waals surface area contributed by atoms with Crippen LogP contribution in [0, 0.1) is 11.3 Å². The van der Waals surface area contributed by atoms with Gasteiger partial charge in [0.25, 0.3) is 0 Å². The summed E-state index contributed by atoms with van der Waals surface area (Å²) in [6.45, 7) is 6.08. The maximum absolute atomic E-state index is 12.0. The third kappa shape index (κ3) is 4.48. The summed E-state index contributed by atoms with van der Waals surface area (Å²) in [5.74, 6) is 1.02. The van der Waals surface area contributed by atoms with Crippen LogP contribution >= 0.6 is 11.8 Å². The fraction of sp³-hybridized carbons (Fsp3) is 0.769. The molecular formula is C13H22N2NaO3S. The smallest absolute Gasteiger partial charge is 0.277 e. The van der Waals surface area contributed by atoms with Crippen LogP contribution in [0.5, 0.6) is 0 Å². The molecule has 4 amide bonds. The van der Waals surface area contributed by atoms with Gasteiger partial charge in [-0.3, -0.25) is 20.2 Å². The van der Waals surface area contributed by atoms with Crippen molar-refractivity contribution in [2.75, 3.05) is 11.5 Å². The molecule has 0 aromatic carbocycles. The molecule has 109 valence electrons. The van der Waals surface area contributed by atoms with Crippen LogP contribution in [0.25, 0.3) is 0 Å². The van der Waals surface area contributed by atoms with Gasteiger partial charge in [-0.25, -0.2) is 4.79 Å². The predicted molar refractivity (Wildman–Crippen MR) is 81.6 cm³/mol. The Balaban J connectivity index is 0.00000361. The molecule has 1 aliphatic heterocycles. The first-order valence-electron chi connectivity index (χ1n) is 6.74. The summed E-state index contributed by atoms with van der Waals surface area (Å²) in [6, 6.07) is -0.718. The minimum absolute atomic E-state index is 0. The van der Waals surface area contributed by atoms with E-state index in [9.17, 15) is 14.4 Å². The largest absolute Gasteiger partial charge is 0.328 e. The Morgan fingerprint density at radius 2 is 1.55 bits per heavy atom. The molecule has 1 rings (SSSR count). The molecule has 20 heavy (non-hydrogen) atoms. The maximum atomic E-state index is 12.0. The van der Waals surface area contributed by atoms with Crippen molar-refractivity contribution in [3.05, 3.63) is 0 Å². The average Bonchev–Trinajstić information content (AvgIpc) is 2.37. The van der Waals surface area contributed by atoms with E-state index in [-0.39, 0.29) is 29.6 Å². The molecule has 5 nitrogen and oxygen atoms in total. The normalized spacial score (nSPS) is 17.5. The van der Waals surface area contributed by atoms with Gasteiger partial charge in [0.15, 0.2) is 0 Å². The Morgan fingerprint density at radius 1 is 1.05 bits per heavy atom. The van der Waals surface area contributed by atoms with Crippen molar-refractivity contribution in [1.29, 1.82) is 0 Å². The third-order valence-electron chi connectivity index (χ3n) is 3.78. The van der Waals surface area contributed by atoms with Crippen molar-refractivity contribution >= 4 is 59.2 Å². The summed E-state index contributed by atoms with van der Waals surface area (Å²) >= 11 is 1.62. The van der Waals surface area contributed by atoms with Gasteiger partial charge in [-0.05, 0) is 18.1 Å². The molecule has 0 atom stereocenters. The molecule has 7 heteroatoms. The van der Waals surface area contributed by atoms with Crippen LogP contribution in [-0.4, -0.2) is 58.9 Å². The van der Waals surface area contributed by atoms with Crippen molar-refractivity contribution in [2.24, 2.45) is 11.3 Å². The first-order chi connectivity index (χ1) is 9.00. The zero-order valence-corrected chi connectivity index (χ0v) is 15.6. The molecule has 1 heterocycles. The van der Waals surface area contributed by atoms with E-state index in [1.165, 1.54) is 0 Å². The minimum atomic E-state index is -1.11. The van der Waals surface area contributed by atoms with Crippen LogP contribution in [0.2, 0.25) is 0 Å². The molecule has 0 bridgehead atoms. The number of hydrogen-bond donors (Lipinski definition) is 2. The van der Waals surface area contributed by atoms with E-state index >= 15 is 0 Å². The van der Waals surface area contributed by atoms with Gasteiger partial charge in [0.05, 0.1) is 0 Å². The number of nitrogens with one attached hydrogen (secondary N) is 2. The van der Waals surface area contributed by atoms with Gasteiger partial charge in [-0.2, -0.15) is 11.8 Å².